The van der Waals surface area contributed by atoms with Gasteiger partial charge in [0.15, 0.2) is 6.23 Å². The zero-order valence-corrected chi connectivity index (χ0v) is 11.6. The van der Waals surface area contributed by atoms with Crippen LogP contribution in [0.3, 0.4) is 0 Å². The minimum absolute atomic E-state index is 0.109. The number of halogens is 2. The van der Waals surface area contributed by atoms with Crippen LogP contribution in [-0.4, -0.2) is 44.2 Å². The number of aliphatic hydroxyl groups is 2. The molecule has 9 heteroatoms. The Bertz CT molecular complexity index is 721. The van der Waals surface area contributed by atoms with Crippen molar-refractivity contribution in [3.8, 4) is 11.3 Å². The molecule has 0 radical (unpaired) electrons. The Morgan fingerprint density at radius 3 is 2.81 bits per heavy atom. The lowest BCUT2D eigenvalue weighted by molar-refractivity contribution is -0.0552. The number of aryl methyl sites for hydroxylation is 1. The summed E-state index contributed by atoms with van der Waals surface area (Å²) < 4.78 is 20.9. The minimum Gasteiger partial charge on any atom is -0.394 e. The summed E-state index contributed by atoms with van der Waals surface area (Å²) in [6, 6.07) is 1.07. The number of aliphatic hydroxyl groups excluding tert-OH is 2. The van der Waals surface area contributed by atoms with Gasteiger partial charge in [0.05, 0.1) is 6.61 Å². The monoisotopic (exact) mass is 318 g/mol. The molecule has 3 N–H and O–H groups in total. The predicted octanol–water partition coefficient (Wildman–Crippen LogP) is -0.996. The Morgan fingerprint density at radius 1 is 1.62 bits per heavy atom. The van der Waals surface area contributed by atoms with E-state index in [2.05, 4.69) is 0 Å². The molecule has 1 aromatic heterocycles. The Hall–Kier alpha value is -1.66. The van der Waals surface area contributed by atoms with Crippen LogP contribution in [0.2, 0.25) is 0 Å². The number of nitrogens with zero attached hydrogens (tertiary/aromatic N) is 1. The van der Waals surface area contributed by atoms with E-state index in [1.807, 2.05) is 16.3 Å². The van der Waals surface area contributed by atoms with Crippen LogP contribution in [0.4, 0.5) is 4.39 Å². The van der Waals surface area contributed by atoms with E-state index < -0.39 is 42.0 Å². The lowest BCUT2D eigenvalue weighted by Gasteiger charge is -2.25. The maximum atomic E-state index is 15.0. The van der Waals surface area contributed by atoms with Crippen molar-refractivity contribution in [3.05, 3.63) is 32.6 Å². The van der Waals surface area contributed by atoms with Crippen molar-refractivity contribution in [3.63, 3.8) is 0 Å². The fourth-order valence-electron chi connectivity index (χ4n) is 2.27. The minimum atomic E-state index is -2.71. The van der Waals surface area contributed by atoms with Crippen LogP contribution in [0.1, 0.15) is 11.9 Å². The third-order valence-electron chi connectivity index (χ3n) is 3.27. The van der Waals surface area contributed by atoms with Gasteiger partial charge in [0, 0.05) is 17.1 Å². The molecule has 1 aliphatic rings. The van der Waals surface area contributed by atoms with Crippen LogP contribution in [0.5, 0.6) is 0 Å². The molecule has 3 unspecified atom stereocenters. The molecular weight excluding hydrogens is 307 g/mol. The fourth-order valence-corrected chi connectivity index (χ4v) is 2.41. The van der Waals surface area contributed by atoms with Gasteiger partial charge in [-0.15, -0.1) is 0 Å². The average molecular weight is 319 g/mol. The van der Waals surface area contributed by atoms with E-state index in [4.69, 9.17) is 21.4 Å². The van der Waals surface area contributed by atoms with Crippen molar-refractivity contribution >= 4 is 11.6 Å². The summed E-state index contributed by atoms with van der Waals surface area (Å²) in [5.74, 6) is 1.96. The summed E-state index contributed by atoms with van der Waals surface area (Å²) >= 11 is 5.21. The molecule has 2 heterocycles. The summed E-state index contributed by atoms with van der Waals surface area (Å²) in [4.78, 5) is 25.0. The van der Waals surface area contributed by atoms with Gasteiger partial charge in [-0.05, 0) is 24.4 Å². The second-order valence-electron chi connectivity index (χ2n) is 4.59. The summed E-state index contributed by atoms with van der Waals surface area (Å²) in [5, 5.41) is 20.8. The second-order valence-corrected chi connectivity index (χ2v) is 4.78. The van der Waals surface area contributed by atoms with E-state index in [0.29, 0.717) is 0 Å². The van der Waals surface area contributed by atoms with Crippen LogP contribution in [0, 0.1) is 18.2 Å². The molecule has 0 aromatic carbocycles. The van der Waals surface area contributed by atoms with Gasteiger partial charge >= 0.3 is 5.69 Å². The number of alkyl halides is 1. The normalized spacial score (nSPS) is 31.8. The van der Waals surface area contributed by atoms with Gasteiger partial charge in [-0.1, -0.05) is 0 Å². The van der Waals surface area contributed by atoms with E-state index in [9.17, 15) is 19.1 Å². The van der Waals surface area contributed by atoms with Crippen LogP contribution in [0.25, 0.3) is 0 Å². The van der Waals surface area contributed by atoms with E-state index >= 15 is 0 Å². The number of aromatic nitrogens is 2. The number of hydrogen-bond donors (Lipinski definition) is 3. The SMILES string of the molecule is Cc1cc(=O)[nH]c(=O)n1C1OC(CO)[C@H](O)C1(F)C#CCl. The second kappa shape index (κ2) is 5.61. The van der Waals surface area contributed by atoms with Crippen molar-refractivity contribution in [2.45, 2.75) is 31.0 Å². The molecule has 1 aliphatic heterocycles. The van der Waals surface area contributed by atoms with E-state index in [0.717, 1.165) is 10.6 Å². The number of H-pyrrole nitrogens is 1. The van der Waals surface area contributed by atoms with Crippen LogP contribution in [0.15, 0.2) is 15.7 Å². The highest BCUT2D eigenvalue weighted by Crippen LogP contribution is 2.41. The molecule has 1 aromatic rings. The molecule has 0 bridgehead atoms. The first-order chi connectivity index (χ1) is 9.85. The zero-order valence-electron chi connectivity index (χ0n) is 10.8. The summed E-state index contributed by atoms with van der Waals surface area (Å²) in [5.41, 5.74) is -4.17. The van der Waals surface area contributed by atoms with Gasteiger partial charge in [0.25, 0.3) is 5.56 Å². The van der Waals surface area contributed by atoms with Crippen molar-refractivity contribution in [1.82, 2.24) is 9.55 Å². The van der Waals surface area contributed by atoms with Crippen LogP contribution in [-0.2, 0) is 4.74 Å². The quantitative estimate of drug-likeness (QED) is 0.607. The van der Waals surface area contributed by atoms with Gasteiger partial charge in [0.2, 0.25) is 5.67 Å². The van der Waals surface area contributed by atoms with Gasteiger partial charge in [-0.2, -0.15) is 0 Å². The summed E-state index contributed by atoms with van der Waals surface area (Å²) in [6.07, 6.45) is -4.74. The summed E-state index contributed by atoms with van der Waals surface area (Å²) in [7, 11) is 0. The molecule has 0 aliphatic carbocycles. The largest absolute Gasteiger partial charge is 0.394 e. The average Bonchev–Trinajstić information content (AvgIpc) is 2.63. The molecule has 4 atom stereocenters. The number of rotatable bonds is 2. The maximum absolute atomic E-state index is 15.0. The van der Waals surface area contributed by atoms with Crippen LogP contribution < -0.4 is 11.2 Å². The highest BCUT2D eigenvalue weighted by Gasteiger charge is 2.58. The van der Waals surface area contributed by atoms with E-state index in [1.165, 1.54) is 6.92 Å². The first-order valence-corrected chi connectivity index (χ1v) is 6.31. The van der Waals surface area contributed by atoms with Crippen LogP contribution >= 0.6 is 11.6 Å². The maximum Gasteiger partial charge on any atom is 0.330 e. The van der Waals surface area contributed by atoms with Gasteiger partial charge in [0.1, 0.15) is 12.2 Å². The molecule has 7 nitrogen and oxygen atoms in total. The molecule has 0 amide bonds. The predicted molar refractivity (Wildman–Crippen MR) is 70.5 cm³/mol. The third-order valence-corrected chi connectivity index (χ3v) is 3.36. The fraction of sp³-hybridized carbons (Fsp3) is 0.500. The lowest BCUT2D eigenvalue weighted by Crippen LogP contribution is -2.45. The third kappa shape index (κ3) is 2.49. The van der Waals surface area contributed by atoms with Gasteiger partial charge < -0.3 is 14.9 Å². The highest BCUT2D eigenvalue weighted by molar-refractivity contribution is 6.30. The molecule has 0 spiro atoms. The molecular formula is C12H12ClFN2O5. The molecule has 0 saturated carbocycles. The Kier molecular flexibility index (Phi) is 4.20. The smallest absolute Gasteiger partial charge is 0.330 e. The molecule has 1 saturated heterocycles. The molecule has 1 fully saturated rings. The number of aromatic amines is 1. The number of nitrogens with one attached hydrogen (secondary N) is 1. The topological polar surface area (TPSA) is 105 Å². The van der Waals surface area contributed by atoms with Crippen molar-refractivity contribution in [1.29, 1.82) is 0 Å². The van der Waals surface area contributed by atoms with E-state index in [1.54, 1.807) is 0 Å². The van der Waals surface area contributed by atoms with Gasteiger partial charge in [-0.25, -0.2) is 9.18 Å². The van der Waals surface area contributed by atoms with Crippen molar-refractivity contribution in [2.75, 3.05) is 6.61 Å². The van der Waals surface area contributed by atoms with Crippen molar-refractivity contribution < 1.29 is 19.3 Å². The number of ether oxygens (including phenoxy) is 1. The molecule has 114 valence electrons. The highest BCUT2D eigenvalue weighted by atomic mass is 35.5. The molecule has 21 heavy (non-hydrogen) atoms. The van der Waals surface area contributed by atoms with E-state index in [-0.39, 0.29) is 5.69 Å². The summed E-state index contributed by atoms with van der Waals surface area (Å²) in [6.45, 7) is 0.720. The first-order valence-electron chi connectivity index (χ1n) is 5.93. The Labute approximate surface area is 122 Å². The number of hydrogen-bond acceptors (Lipinski definition) is 5. The molecule has 2 rings (SSSR count). The standard InChI is InChI=1S/C12H12ClFN2O5/c1-6-4-8(18)15-11(20)16(6)10-12(14,2-3-13)9(19)7(5-17)21-10/h4,7,9-10,17,19H,5H2,1H3,(H,15,18,20)/t7?,9-,10?,12?/m0/s1. The lowest BCUT2D eigenvalue weighted by atomic mass is 9.97. The first kappa shape index (κ1) is 15.7. The Balaban J connectivity index is 2.64. The van der Waals surface area contributed by atoms with Crippen molar-refractivity contribution in [2.24, 2.45) is 0 Å². The Morgan fingerprint density at radius 2 is 2.29 bits per heavy atom. The zero-order chi connectivity index (χ0) is 15.8. The van der Waals surface area contributed by atoms with Gasteiger partial charge in [-0.3, -0.25) is 14.3 Å².